The van der Waals surface area contributed by atoms with Gasteiger partial charge < -0.3 is 0 Å². The molecule has 8 heteroatoms. The molecule has 0 bridgehead atoms. The van der Waals surface area contributed by atoms with Crippen LogP contribution in [0.3, 0.4) is 0 Å². The summed E-state index contributed by atoms with van der Waals surface area (Å²) in [5.74, 6) is -0.850. The Morgan fingerprint density at radius 3 is 2.85 bits per heavy atom. The van der Waals surface area contributed by atoms with E-state index < -0.39 is 15.8 Å². The highest BCUT2D eigenvalue weighted by molar-refractivity contribution is 9.10. The molecule has 108 valence electrons. The third-order valence-corrected chi connectivity index (χ3v) is 5.59. The number of benzene rings is 1. The monoisotopic (exact) mass is 378 g/mol. The number of sulfonamides is 1. The first-order valence-corrected chi connectivity index (χ1v) is 8.90. The number of thiazole rings is 1. The molecule has 2 rings (SSSR count). The van der Waals surface area contributed by atoms with E-state index in [0.717, 1.165) is 11.1 Å². The second kappa shape index (κ2) is 6.30. The highest BCUT2D eigenvalue weighted by Gasteiger charge is 2.20. The van der Waals surface area contributed by atoms with Crippen molar-refractivity contribution in [3.63, 3.8) is 0 Å². The van der Waals surface area contributed by atoms with Gasteiger partial charge in [-0.15, -0.1) is 11.3 Å². The first-order chi connectivity index (χ1) is 9.40. The Morgan fingerprint density at radius 1 is 1.50 bits per heavy atom. The Kier molecular flexibility index (Phi) is 4.90. The van der Waals surface area contributed by atoms with Crippen molar-refractivity contribution in [2.75, 3.05) is 6.54 Å². The van der Waals surface area contributed by atoms with Gasteiger partial charge in [-0.2, -0.15) is 0 Å². The minimum atomic E-state index is -3.86. The van der Waals surface area contributed by atoms with Gasteiger partial charge in [0.15, 0.2) is 0 Å². The maximum absolute atomic E-state index is 13.7. The second-order valence-corrected chi connectivity index (χ2v) is 7.78. The zero-order chi connectivity index (χ0) is 14.8. The van der Waals surface area contributed by atoms with Gasteiger partial charge in [-0.05, 0) is 18.2 Å². The molecule has 1 aromatic heterocycles. The zero-order valence-electron chi connectivity index (χ0n) is 10.5. The molecule has 0 aliphatic carbocycles. The summed E-state index contributed by atoms with van der Waals surface area (Å²) >= 11 is 4.55. The quantitative estimate of drug-likeness (QED) is 0.869. The SMILES string of the molecule is CC(CNS(=O)(=O)c1ccc(Br)cc1F)c1nccs1. The highest BCUT2D eigenvalue weighted by atomic mass is 79.9. The Bertz CT molecular complexity index is 689. The van der Waals surface area contributed by atoms with Gasteiger partial charge in [-0.1, -0.05) is 22.9 Å². The van der Waals surface area contributed by atoms with Crippen molar-refractivity contribution in [1.82, 2.24) is 9.71 Å². The lowest BCUT2D eigenvalue weighted by Gasteiger charge is -2.11. The molecule has 0 fully saturated rings. The van der Waals surface area contributed by atoms with E-state index in [1.165, 1.54) is 23.5 Å². The maximum Gasteiger partial charge on any atom is 0.243 e. The van der Waals surface area contributed by atoms with Crippen LogP contribution in [-0.4, -0.2) is 19.9 Å². The van der Waals surface area contributed by atoms with Crippen LogP contribution in [0.2, 0.25) is 0 Å². The lowest BCUT2D eigenvalue weighted by molar-refractivity contribution is 0.552. The van der Waals surface area contributed by atoms with Crippen molar-refractivity contribution in [2.45, 2.75) is 17.7 Å². The van der Waals surface area contributed by atoms with Crippen molar-refractivity contribution in [2.24, 2.45) is 0 Å². The molecule has 1 heterocycles. The Morgan fingerprint density at radius 2 is 2.25 bits per heavy atom. The average Bonchev–Trinajstić information content (AvgIpc) is 2.89. The molecule has 0 saturated heterocycles. The molecular formula is C12H12BrFN2O2S2. The molecule has 0 aliphatic rings. The molecule has 1 unspecified atom stereocenters. The van der Waals surface area contributed by atoms with Gasteiger partial charge in [0.25, 0.3) is 0 Å². The van der Waals surface area contributed by atoms with Crippen molar-refractivity contribution in [3.8, 4) is 0 Å². The molecule has 1 N–H and O–H groups in total. The summed E-state index contributed by atoms with van der Waals surface area (Å²) in [4.78, 5) is 3.77. The average molecular weight is 379 g/mol. The molecule has 1 aromatic carbocycles. The maximum atomic E-state index is 13.7. The van der Waals surface area contributed by atoms with Crippen LogP contribution in [0.4, 0.5) is 4.39 Å². The predicted molar refractivity (Wildman–Crippen MR) is 79.8 cm³/mol. The summed E-state index contributed by atoms with van der Waals surface area (Å²) in [7, 11) is -3.86. The van der Waals surface area contributed by atoms with Gasteiger partial charge in [0, 0.05) is 28.5 Å². The molecule has 0 radical (unpaired) electrons. The lowest BCUT2D eigenvalue weighted by Crippen LogP contribution is -2.28. The van der Waals surface area contributed by atoms with Crippen LogP contribution in [-0.2, 0) is 10.0 Å². The molecule has 0 amide bonds. The van der Waals surface area contributed by atoms with E-state index in [0.29, 0.717) is 4.47 Å². The molecule has 2 aromatic rings. The summed E-state index contributed by atoms with van der Waals surface area (Å²) < 4.78 is 40.7. The summed E-state index contributed by atoms with van der Waals surface area (Å²) in [6.07, 6.45) is 1.67. The van der Waals surface area contributed by atoms with Crippen LogP contribution in [0.15, 0.2) is 39.1 Å². The van der Waals surface area contributed by atoms with Gasteiger partial charge in [-0.25, -0.2) is 22.5 Å². The number of aromatic nitrogens is 1. The van der Waals surface area contributed by atoms with E-state index in [9.17, 15) is 12.8 Å². The fraction of sp³-hybridized carbons (Fsp3) is 0.250. The molecule has 1 atom stereocenters. The van der Waals surface area contributed by atoms with Gasteiger partial charge >= 0.3 is 0 Å². The molecule has 4 nitrogen and oxygen atoms in total. The van der Waals surface area contributed by atoms with E-state index in [4.69, 9.17) is 0 Å². The fourth-order valence-electron chi connectivity index (χ4n) is 1.57. The summed E-state index contributed by atoms with van der Waals surface area (Å²) in [6, 6.07) is 3.84. The standard InChI is InChI=1S/C12H12BrFN2O2S2/c1-8(12-15-4-5-19-12)7-16-20(17,18)11-3-2-9(13)6-10(11)14/h2-6,8,16H,7H2,1H3. The molecule has 0 saturated carbocycles. The smallest absolute Gasteiger partial charge is 0.243 e. The van der Waals surface area contributed by atoms with E-state index in [1.807, 2.05) is 12.3 Å². The van der Waals surface area contributed by atoms with E-state index in [1.54, 1.807) is 6.20 Å². The van der Waals surface area contributed by atoms with Gasteiger partial charge in [0.2, 0.25) is 10.0 Å². The fourth-order valence-corrected chi connectivity index (χ4v) is 3.79. The topological polar surface area (TPSA) is 59.1 Å². The number of nitrogens with one attached hydrogen (secondary N) is 1. The summed E-state index contributed by atoms with van der Waals surface area (Å²) in [6.45, 7) is 2.03. The number of hydrogen-bond acceptors (Lipinski definition) is 4. The van der Waals surface area contributed by atoms with Crippen LogP contribution in [0.5, 0.6) is 0 Å². The number of rotatable bonds is 5. The molecule has 0 spiro atoms. The largest absolute Gasteiger partial charge is 0.249 e. The second-order valence-electron chi connectivity index (χ2n) is 4.20. The Balaban J connectivity index is 2.11. The minimum absolute atomic E-state index is 0.0664. The number of halogens is 2. The van der Waals surface area contributed by atoms with Crippen molar-refractivity contribution in [3.05, 3.63) is 45.1 Å². The van der Waals surface area contributed by atoms with Gasteiger partial charge in [0.1, 0.15) is 10.7 Å². The lowest BCUT2D eigenvalue weighted by atomic mass is 10.2. The normalized spacial score (nSPS) is 13.3. The van der Waals surface area contributed by atoms with Crippen molar-refractivity contribution >= 4 is 37.3 Å². The van der Waals surface area contributed by atoms with Crippen molar-refractivity contribution in [1.29, 1.82) is 0 Å². The van der Waals surface area contributed by atoms with Crippen molar-refractivity contribution < 1.29 is 12.8 Å². The third kappa shape index (κ3) is 3.63. The van der Waals surface area contributed by atoms with Crippen LogP contribution < -0.4 is 4.72 Å². The predicted octanol–water partition coefficient (Wildman–Crippen LogP) is 3.13. The number of hydrogen-bond donors (Lipinski definition) is 1. The van der Waals surface area contributed by atoms with E-state index >= 15 is 0 Å². The van der Waals surface area contributed by atoms with Crippen LogP contribution >= 0.6 is 27.3 Å². The number of nitrogens with zero attached hydrogens (tertiary/aromatic N) is 1. The van der Waals surface area contributed by atoms with E-state index in [-0.39, 0.29) is 17.4 Å². The molecule has 0 aliphatic heterocycles. The molecular weight excluding hydrogens is 367 g/mol. The summed E-state index contributed by atoms with van der Waals surface area (Å²) in [5.41, 5.74) is 0. The van der Waals surface area contributed by atoms with Crippen LogP contribution in [0.1, 0.15) is 17.8 Å². The first kappa shape index (κ1) is 15.6. The van der Waals surface area contributed by atoms with Crippen LogP contribution in [0, 0.1) is 5.82 Å². The van der Waals surface area contributed by atoms with Gasteiger partial charge in [0.05, 0.1) is 5.01 Å². The Hall–Kier alpha value is -0.830. The van der Waals surface area contributed by atoms with Crippen LogP contribution in [0.25, 0.3) is 0 Å². The van der Waals surface area contributed by atoms with Gasteiger partial charge in [-0.3, -0.25) is 0 Å². The minimum Gasteiger partial charge on any atom is -0.249 e. The zero-order valence-corrected chi connectivity index (χ0v) is 13.7. The third-order valence-electron chi connectivity index (χ3n) is 2.64. The van der Waals surface area contributed by atoms with E-state index in [2.05, 4.69) is 25.6 Å². The molecule has 20 heavy (non-hydrogen) atoms. The Labute approximate surface area is 129 Å². The highest BCUT2D eigenvalue weighted by Crippen LogP contribution is 2.21. The summed E-state index contributed by atoms with van der Waals surface area (Å²) in [5, 5.41) is 2.67. The first-order valence-electron chi connectivity index (χ1n) is 5.74.